The largest absolute Gasteiger partial charge is 0.481 e. The van der Waals surface area contributed by atoms with Crippen molar-refractivity contribution in [2.45, 2.75) is 58.9 Å². The summed E-state index contributed by atoms with van der Waals surface area (Å²) in [5.74, 6) is -0.683. The summed E-state index contributed by atoms with van der Waals surface area (Å²) in [6.45, 7) is 10.3. The van der Waals surface area contributed by atoms with E-state index >= 15 is 0 Å². The number of carboxylic acids is 1. The maximum atomic E-state index is 11.0. The van der Waals surface area contributed by atoms with Gasteiger partial charge in [-0.1, -0.05) is 34.1 Å². The Kier molecular flexibility index (Phi) is 6.57. The summed E-state index contributed by atoms with van der Waals surface area (Å²) in [7, 11) is 0. The second kappa shape index (κ2) is 6.83. The highest BCUT2D eigenvalue weighted by Crippen LogP contribution is 2.29. The first-order valence-corrected chi connectivity index (χ1v) is 6.03. The molecular weight excluding hydrogens is 190 g/mol. The van der Waals surface area contributed by atoms with Crippen LogP contribution in [0.3, 0.4) is 0 Å². The van der Waals surface area contributed by atoms with Crippen LogP contribution in [-0.2, 0) is 4.79 Å². The molecule has 0 aromatic heterocycles. The minimum absolute atomic E-state index is 0.135. The summed E-state index contributed by atoms with van der Waals surface area (Å²) in [4.78, 5) is 13.3. The molecule has 3 heteroatoms. The average molecular weight is 215 g/mol. The van der Waals surface area contributed by atoms with Crippen molar-refractivity contribution in [2.24, 2.45) is 0 Å². The second-order valence-electron chi connectivity index (χ2n) is 4.07. The van der Waals surface area contributed by atoms with Gasteiger partial charge in [0.2, 0.25) is 0 Å². The molecule has 0 saturated heterocycles. The van der Waals surface area contributed by atoms with E-state index < -0.39 is 5.97 Å². The zero-order valence-electron chi connectivity index (χ0n) is 10.5. The van der Waals surface area contributed by atoms with Crippen LogP contribution in [-0.4, -0.2) is 34.6 Å². The van der Waals surface area contributed by atoms with Gasteiger partial charge < -0.3 is 5.11 Å². The number of carbonyl (C=O) groups is 1. The van der Waals surface area contributed by atoms with Crippen molar-refractivity contribution in [3.63, 3.8) is 0 Å². The van der Waals surface area contributed by atoms with Crippen LogP contribution in [0.2, 0.25) is 0 Å². The number of hydrogen-bond acceptors (Lipinski definition) is 2. The molecule has 0 aromatic rings. The van der Waals surface area contributed by atoms with Crippen molar-refractivity contribution in [3.05, 3.63) is 0 Å². The standard InChI is InChI=1S/C12H25NO2/c1-5-9-12(6-2,10-11(14)15)13(7-3)8-4/h5-10H2,1-4H3,(H,14,15). The van der Waals surface area contributed by atoms with Gasteiger partial charge in [-0.25, -0.2) is 0 Å². The Morgan fingerprint density at radius 2 is 1.73 bits per heavy atom. The van der Waals surface area contributed by atoms with Crippen molar-refractivity contribution < 1.29 is 9.90 Å². The molecule has 1 N–H and O–H groups in total. The molecule has 0 aliphatic heterocycles. The molecule has 15 heavy (non-hydrogen) atoms. The smallest absolute Gasteiger partial charge is 0.305 e. The molecule has 0 saturated carbocycles. The minimum atomic E-state index is -0.683. The Morgan fingerprint density at radius 3 is 2.00 bits per heavy atom. The van der Waals surface area contributed by atoms with E-state index in [1.807, 2.05) is 0 Å². The molecular formula is C12H25NO2. The number of carboxylic acid groups (broad SMARTS) is 1. The summed E-state index contributed by atoms with van der Waals surface area (Å²) in [6, 6.07) is 0. The van der Waals surface area contributed by atoms with E-state index in [9.17, 15) is 4.79 Å². The van der Waals surface area contributed by atoms with Crippen LogP contribution in [0.1, 0.15) is 53.4 Å². The fraction of sp³-hybridized carbons (Fsp3) is 0.917. The maximum absolute atomic E-state index is 11.0. The Bertz CT molecular complexity index is 190. The fourth-order valence-electron chi connectivity index (χ4n) is 2.52. The molecule has 0 amide bonds. The van der Waals surface area contributed by atoms with Gasteiger partial charge in [0.1, 0.15) is 0 Å². The van der Waals surface area contributed by atoms with Gasteiger partial charge in [-0.05, 0) is 25.9 Å². The van der Waals surface area contributed by atoms with Crippen molar-refractivity contribution in [1.82, 2.24) is 4.90 Å². The van der Waals surface area contributed by atoms with E-state index in [1.165, 1.54) is 0 Å². The van der Waals surface area contributed by atoms with Crippen LogP contribution in [0.15, 0.2) is 0 Å². The Morgan fingerprint density at radius 1 is 1.20 bits per heavy atom. The number of rotatable bonds is 8. The second-order valence-corrected chi connectivity index (χ2v) is 4.07. The van der Waals surface area contributed by atoms with Gasteiger partial charge in [-0.3, -0.25) is 9.69 Å². The van der Waals surface area contributed by atoms with Gasteiger partial charge >= 0.3 is 5.97 Å². The third-order valence-electron chi connectivity index (χ3n) is 3.29. The molecule has 3 nitrogen and oxygen atoms in total. The van der Waals surface area contributed by atoms with Gasteiger partial charge in [0.15, 0.2) is 0 Å². The monoisotopic (exact) mass is 215 g/mol. The third kappa shape index (κ3) is 3.82. The Balaban J connectivity index is 4.83. The summed E-state index contributed by atoms with van der Waals surface area (Å²) >= 11 is 0. The minimum Gasteiger partial charge on any atom is -0.481 e. The van der Waals surface area contributed by atoms with E-state index in [0.29, 0.717) is 0 Å². The highest BCUT2D eigenvalue weighted by Gasteiger charge is 2.34. The van der Waals surface area contributed by atoms with Gasteiger partial charge in [-0.2, -0.15) is 0 Å². The van der Waals surface area contributed by atoms with E-state index in [1.54, 1.807) is 0 Å². The molecule has 1 atom stereocenters. The van der Waals surface area contributed by atoms with Crippen molar-refractivity contribution in [3.8, 4) is 0 Å². The van der Waals surface area contributed by atoms with Gasteiger partial charge in [0, 0.05) is 5.54 Å². The Labute approximate surface area is 93.5 Å². The third-order valence-corrected chi connectivity index (χ3v) is 3.29. The molecule has 0 bridgehead atoms. The zero-order chi connectivity index (χ0) is 11.9. The van der Waals surface area contributed by atoms with Crippen LogP contribution in [0, 0.1) is 0 Å². The van der Waals surface area contributed by atoms with Crippen molar-refractivity contribution in [2.75, 3.05) is 13.1 Å². The SMILES string of the molecule is CCCC(CC)(CC(=O)O)N(CC)CC. The zero-order valence-corrected chi connectivity index (χ0v) is 10.5. The molecule has 0 aliphatic rings. The van der Waals surface area contributed by atoms with Gasteiger partial charge in [0.25, 0.3) is 0 Å². The van der Waals surface area contributed by atoms with Crippen LogP contribution < -0.4 is 0 Å². The van der Waals surface area contributed by atoms with Crippen LogP contribution in [0.25, 0.3) is 0 Å². The predicted octanol–water partition coefficient (Wildman–Crippen LogP) is 2.75. The highest BCUT2D eigenvalue weighted by molar-refractivity contribution is 5.68. The summed E-state index contributed by atoms with van der Waals surface area (Å²) in [6.07, 6.45) is 3.18. The number of nitrogens with zero attached hydrogens (tertiary/aromatic N) is 1. The van der Waals surface area contributed by atoms with Crippen LogP contribution in [0.4, 0.5) is 0 Å². The first kappa shape index (κ1) is 14.4. The molecule has 0 radical (unpaired) electrons. The highest BCUT2D eigenvalue weighted by atomic mass is 16.4. The lowest BCUT2D eigenvalue weighted by Crippen LogP contribution is -2.49. The molecule has 0 rings (SSSR count). The van der Waals surface area contributed by atoms with E-state index in [-0.39, 0.29) is 12.0 Å². The normalized spacial score (nSPS) is 15.3. The van der Waals surface area contributed by atoms with Gasteiger partial charge in [0.05, 0.1) is 6.42 Å². The van der Waals surface area contributed by atoms with E-state index in [2.05, 4.69) is 32.6 Å². The molecule has 1 unspecified atom stereocenters. The topological polar surface area (TPSA) is 40.5 Å². The Hall–Kier alpha value is -0.570. The van der Waals surface area contributed by atoms with E-state index in [0.717, 1.165) is 32.4 Å². The first-order chi connectivity index (χ1) is 7.06. The van der Waals surface area contributed by atoms with Crippen LogP contribution >= 0.6 is 0 Å². The summed E-state index contributed by atoms with van der Waals surface area (Å²) < 4.78 is 0. The first-order valence-electron chi connectivity index (χ1n) is 6.03. The molecule has 0 spiro atoms. The number of hydrogen-bond donors (Lipinski definition) is 1. The van der Waals surface area contributed by atoms with Gasteiger partial charge in [-0.15, -0.1) is 0 Å². The van der Waals surface area contributed by atoms with Crippen molar-refractivity contribution >= 4 is 5.97 Å². The molecule has 90 valence electrons. The lowest BCUT2D eigenvalue weighted by Gasteiger charge is -2.42. The quantitative estimate of drug-likeness (QED) is 0.677. The summed E-state index contributed by atoms with van der Waals surface area (Å²) in [5.41, 5.74) is -0.135. The predicted molar refractivity (Wildman–Crippen MR) is 63.1 cm³/mol. The maximum Gasteiger partial charge on any atom is 0.305 e. The average Bonchev–Trinajstić information content (AvgIpc) is 2.18. The van der Waals surface area contributed by atoms with Crippen LogP contribution in [0.5, 0.6) is 0 Å². The van der Waals surface area contributed by atoms with E-state index in [4.69, 9.17) is 5.11 Å². The molecule has 0 aromatic carbocycles. The number of aliphatic carboxylic acids is 1. The summed E-state index contributed by atoms with van der Waals surface area (Å²) in [5, 5.41) is 9.02. The molecule has 0 aliphatic carbocycles. The van der Waals surface area contributed by atoms with Crippen molar-refractivity contribution in [1.29, 1.82) is 0 Å². The lowest BCUT2D eigenvalue weighted by atomic mass is 9.85. The molecule has 0 fully saturated rings. The lowest BCUT2D eigenvalue weighted by molar-refractivity contribution is -0.140. The fourth-order valence-corrected chi connectivity index (χ4v) is 2.52. The molecule has 0 heterocycles.